The minimum atomic E-state index is -1.21. The van der Waals surface area contributed by atoms with Gasteiger partial charge in [0, 0.05) is 37.5 Å². The highest BCUT2D eigenvalue weighted by Gasteiger charge is 2.58. The molecule has 9 rings (SSSR count). The van der Waals surface area contributed by atoms with E-state index < -0.39 is 108 Å². The number of nitrogens with zero attached hydrogens (tertiary/aromatic N) is 6. The molecular formula is C76H111B2BrN6O22. The van der Waals surface area contributed by atoms with Crippen molar-refractivity contribution in [1.29, 1.82) is 0 Å². The molecule has 0 N–H and O–H groups in total. The Bertz CT molecular complexity index is 3750. The predicted octanol–water partition coefficient (Wildman–Crippen LogP) is 15.6. The summed E-state index contributed by atoms with van der Waals surface area (Å²) in [6.45, 7) is 45.5. The molecule has 9 heterocycles. The quantitative estimate of drug-likeness (QED) is 0.0193. The van der Waals surface area contributed by atoms with Crippen LogP contribution in [0.4, 0.5) is 17.1 Å². The van der Waals surface area contributed by atoms with Crippen molar-refractivity contribution in [2.24, 2.45) is 0 Å². The molecule has 3 aromatic rings. The minimum absolute atomic E-state index is 0.00296. The first kappa shape index (κ1) is 90.4. The summed E-state index contributed by atoms with van der Waals surface area (Å²) in [5.41, 5.74) is -4.03. The van der Waals surface area contributed by atoms with Crippen molar-refractivity contribution in [1.82, 2.24) is 15.0 Å². The Hall–Kier alpha value is -7.22. The molecule has 0 aliphatic carbocycles. The van der Waals surface area contributed by atoms with Crippen LogP contribution in [-0.4, -0.2) is 162 Å². The fraction of sp³-hybridized carbons (Fsp3) is 0.645. The number of halogens is 1. The van der Waals surface area contributed by atoms with E-state index in [0.717, 1.165) is 60.6 Å². The van der Waals surface area contributed by atoms with Crippen LogP contribution in [0.2, 0.25) is 0 Å². The number of methoxy groups -OCH3 is 1. The van der Waals surface area contributed by atoms with Gasteiger partial charge in [-0.05, 0) is 239 Å². The topological polar surface area (TPSA) is 347 Å². The summed E-state index contributed by atoms with van der Waals surface area (Å²) in [6.07, 6.45) is 18.2. The van der Waals surface area contributed by atoms with Gasteiger partial charge >= 0.3 is 38.1 Å². The largest absolute Gasteiger partial charge is 0.490 e. The lowest BCUT2D eigenvalue weighted by atomic mass is 9.69. The molecule has 28 nitrogen and oxygen atoms in total. The summed E-state index contributed by atoms with van der Waals surface area (Å²) in [5, 5.41) is 31.6. The number of rotatable bonds is 20. The third-order valence-corrected chi connectivity index (χ3v) is 19.4. The molecule has 6 aliphatic heterocycles. The third kappa shape index (κ3) is 24.6. The Morgan fingerprint density at radius 2 is 0.785 bits per heavy atom. The first-order valence-corrected chi connectivity index (χ1v) is 36.9. The fourth-order valence-corrected chi connectivity index (χ4v) is 12.7. The predicted molar refractivity (Wildman–Crippen MR) is 407 cm³/mol. The van der Waals surface area contributed by atoms with Crippen LogP contribution >= 0.6 is 15.9 Å². The lowest BCUT2D eigenvalue weighted by Gasteiger charge is -2.40. The Kier molecular flexibility index (Phi) is 30.1. The monoisotopic (exact) mass is 1560 g/mol. The maximum Gasteiger partial charge on any atom is 0.490 e. The zero-order valence-electron chi connectivity index (χ0n) is 66.9. The number of carbonyl (C=O) groups excluding carboxylic acids is 4. The van der Waals surface area contributed by atoms with Gasteiger partial charge in [0.05, 0.1) is 97.9 Å². The van der Waals surface area contributed by atoms with Crippen molar-refractivity contribution >= 4 is 82.3 Å². The maximum atomic E-state index is 12.6. The van der Waals surface area contributed by atoms with E-state index in [2.05, 4.69) is 37.8 Å². The number of nitro groups is 3. The van der Waals surface area contributed by atoms with E-state index >= 15 is 0 Å². The van der Waals surface area contributed by atoms with Crippen LogP contribution < -0.4 is 0 Å². The second-order valence-electron chi connectivity index (χ2n) is 32.3. The van der Waals surface area contributed by atoms with Crippen molar-refractivity contribution in [2.75, 3.05) is 26.9 Å². The fourth-order valence-electron chi connectivity index (χ4n) is 12.5. The molecule has 2 saturated heterocycles. The van der Waals surface area contributed by atoms with E-state index in [1.165, 1.54) is 50.0 Å². The average Bonchev–Trinajstić information content (AvgIpc) is 1.69. The summed E-state index contributed by atoms with van der Waals surface area (Å²) in [7, 11) is 0.421. The van der Waals surface area contributed by atoms with E-state index in [0.29, 0.717) is 61.5 Å². The number of ether oxygens (including phenoxy) is 8. The van der Waals surface area contributed by atoms with Crippen LogP contribution in [0.1, 0.15) is 235 Å². The number of unbranched alkanes of at least 4 members (excludes halogenated alkanes) is 3. The van der Waals surface area contributed by atoms with Gasteiger partial charge in [-0.25, -0.2) is 34.1 Å². The normalized spacial score (nSPS) is 24.9. The van der Waals surface area contributed by atoms with Gasteiger partial charge in [-0.3, -0.25) is 30.3 Å². The number of hydrogen-bond acceptors (Lipinski definition) is 25. The van der Waals surface area contributed by atoms with Crippen molar-refractivity contribution < 1.29 is 90.5 Å². The number of esters is 4. The second-order valence-corrected chi connectivity index (χ2v) is 33.2. The van der Waals surface area contributed by atoms with Crippen molar-refractivity contribution in [3.8, 4) is 0 Å². The minimum Gasteiger partial charge on any atom is -0.467 e. The van der Waals surface area contributed by atoms with E-state index in [9.17, 15) is 49.5 Å². The van der Waals surface area contributed by atoms with E-state index in [1.54, 1.807) is 45.9 Å². The highest BCUT2D eigenvalue weighted by Crippen LogP contribution is 2.47. The molecular weight excluding hydrogens is 1450 g/mol. The van der Waals surface area contributed by atoms with Crippen LogP contribution in [0.5, 0.6) is 0 Å². The van der Waals surface area contributed by atoms with Gasteiger partial charge in [-0.15, -0.1) is 0 Å². The molecule has 0 spiro atoms. The molecule has 4 unspecified atom stereocenters. The third-order valence-electron chi connectivity index (χ3n) is 18.9. The number of hydrogen-bond donors (Lipinski definition) is 0. The van der Waals surface area contributed by atoms with E-state index in [-0.39, 0.29) is 29.0 Å². The van der Waals surface area contributed by atoms with Gasteiger partial charge < -0.3 is 56.5 Å². The zero-order valence-corrected chi connectivity index (χ0v) is 68.5. The summed E-state index contributed by atoms with van der Waals surface area (Å²) < 4.78 is 70.2. The smallest absolute Gasteiger partial charge is 0.467 e. The van der Waals surface area contributed by atoms with Crippen LogP contribution in [-0.2, 0) is 75.7 Å². The van der Waals surface area contributed by atoms with Crippen molar-refractivity contribution in [2.45, 2.75) is 291 Å². The summed E-state index contributed by atoms with van der Waals surface area (Å²) in [4.78, 5) is 91.9. The maximum absolute atomic E-state index is 12.6. The standard InChI is InChI=1S/C19H33BO5.2C18H24N2O5.C16H27BO5.C5H3BrN2O2/c1-9-10-11-22-15(21)19(8)13-14(12-16(2,3)23-19)20-24-17(4,5)18(6,7)25-20;2*1-5-6-9-24-16(21)18(4)11-13(10-17(2,3)25-18)15-8-7-14(12-19-15)20(22)23;1-13(2)9-11(10-16(7,20-13)12(18)19-8)17-21-14(3,4)15(5,6)22-17;6-5-2-1-4(3-7-5)8(9)10/h13H,9-12H2,1-8H3;7-8,11-12H,5-6,9-10H2,1-4H3;7-8,10,12H,5-6,9,11H2,1-4H3;9H,10H2,1-8H3;1-3H. The molecule has 0 radical (unpaired) electrons. The van der Waals surface area contributed by atoms with Gasteiger partial charge in [-0.2, -0.15) is 0 Å². The van der Waals surface area contributed by atoms with Crippen LogP contribution in [0.25, 0.3) is 11.1 Å². The molecule has 31 heteroatoms. The zero-order chi connectivity index (χ0) is 81.0. The summed E-state index contributed by atoms with van der Waals surface area (Å²) >= 11 is 3.06. The Balaban J connectivity index is 0.000000245. The highest BCUT2D eigenvalue weighted by molar-refractivity contribution is 9.10. The molecule has 3 aromatic heterocycles. The van der Waals surface area contributed by atoms with Gasteiger partial charge in [0.2, 0.25) is 0 Å². The summed E-state index contributed by atoms with van der Waals surface area (Å²) in [6, 6.07) is 8.91. The van der Waals surface area contributed by atoms with Gasteiger partial charge in [0.1, 0.15) is 23.2 Å². The van der Waals surface area contributed by atoms with Crippen LogP contribution in [0.15, 0.2) is 94.8 Å². The van der Waals surface area contributed by atoms with Crippen molar-refractivity contribution in [3.63, 3.8) is 0 Å². The Morgan fingerprint density at radius 1 is 0.439 bits per heavy atom. The molecule has 0 aromatic carbocycles. The van der Waals surface area contributed by atoms with Gasteiger partial charge in [0.25, 0.3) is 17.1 Å². The second kappa shape index (κ2) is 35.6. The van der Waals surface area contributed by atoms with Gasteiger partial charge in [-0.1, -0.05) is 46.1 Å². The first-order valence-electron chi connectivity index (χ1n) is 36.1. The number of carbonyl (C=O) groups is 4. The van der Waals surface area contributed by atoms with Gasteiger partial charge in [0.15, 0.2) is 22.4 Å². The molecule has 2 fully saturated rings. The number of pyridine rings is 3. The lowest BCUT2D eigenvalue weighted by molar-refractivity contribution is -0.385. The van der Waals surface area contributed by atoms with Crippen molar-refractivity contribution in [3.05, 3.63) is 137 Å². The lowest BCUT2D eigenvalue weighted by Crippen LogP contribution is -2.50. The molecule has 4 atom stereocenters. The van der Waals surface area contributed by atoms with Crippen LogP contribution in [0, 0.1) is 30.3 Å². The number of aromatic nitrogens is 3. The molecule has 107 heavy (non-hydrogen) atoms. The summed E-state index contributed by atoms with van der Waals surface area (Å²) in [5.74, 6) is -1.58. The molecule has 0 amide bonds. The first-order chi connectivity index (χ1) is 49.2. The highest BCUT2D eigenvalue weighted by atomic mass is 79.9. The Morgan fingerprint density at radius 3 is 1.15 bits per heavy atom. The van der Waals surface area contributed by atoms with E-state index in [4.69, 9.17) is 56.5 Å². The molecule has 0 bridgehead atoms. The SMILES string of the molecule is CCCCOC(=O)C1(C)C=C(B2OC(C)(C)C(C)(C)O2)CC(C)(C)O1.CCCCOC(=O)C1(C)C=C(c2ccc([N+](=O)[O-])cn2)CC(C)(C)O1.CCCCOC(=O)C1(C)CC(c2ccc([N+](=O)[O-])cn2)=CC(C)(C)O1.COC(=O)C1(C)CC(B2OC(C)(C)C(C)(C)O2)=CC(C)(C)O1.O=[N+]([O-])c1ccc(Br)nc1. The average molecular weight is 1560 g/mol. The molecule has 590 valence electrons. The van der Waals surface area contributed by atoms with E-state index in [1.807, 2.05) is 143 Å². The van der Waals surface area contributed by atoms with Crippen LogP contribution in [0.3, 0.4) is 0 Å². The molecule has 0 saturated carbocycles. The molecule has 6 aliphatic rings. The Labute approximate surface area is 638 Å².